The van der Waals surface area contributed by atoms with Crippen LogP contribution in [0.3, 0.4) is 0 Å². The summed E-state index contributed by atoms with van der Waals surface area (Å²) in [7, 11) is 0. The number of carbonyl (C=O) groups is 1. The second kappa shape index (κ2) is 7.21. The van der Waals surface area contributed by atoms with Crippen LogP contribution in [-0.4, -0.2) is 11.1 Å². The van der Waals surface area contributed by atoms with Crippen LogP contribution in [0, 0.1) is 3.57 Å². The molecular formula is C20H14ClIN2O3. The fourth-order valence-electron chi connectivity index (χ4n) is 3.12. The molecule has 27 heavy (non-hydrogen) atoms. The summed E-state index contributed by atoms with van der Waals surface area (Å²) in [5.74, 6) is -0.403. The zero-order valence-corrected chi connectivity index (χ0v) is 16.8. The highest BCUT2D eigenvalue weighted by molar-refractivity contribution is 14.1. The molecule has 0 aromatic heterocycles. The number of benzene rings is 3. The fourth-order valence-corrected chi connectivity index (χ4v) is 3.59. The third-order valence-corrected chi connectivity index (χ3v) is 5.22. The van der Waals surface area contributed by atoms with E-state index >= 15 is 0 Å². The van der Waals surface area contributed by atoms with Gasteiger partial charge in [-0.25, -0.2) is 4.79 Å². The molecule has 0 amide bonds. The van der Waals surface area contributed by atoms with Crippen LogP contribution in [0.4, 0.5) is 5.69 Å². The van der Waals surface area contributed by atoms with Crippen LogP contribution in [0.1, 0.15) is 10.4 Å². The molecule has 5 N–H and O–H groups in total. The Kier molecular flexibility index (Phi) is 5.12. The number of nitrogens with two attached hydrogens (primary N) is 2. The highest BCUT2D eigenvalue weighted by Gasteiger charge is 2.22. The minimum Gasteiger partial charge on any atom is -1.00 e. The molecule has 0 radical (unpaired) electrons. The molecule has 0 bridgehead atoms. The van der Waals surface area contributed by atoms with Crippen LogP contribution in [0.15, 0.2) is 59.0 Å². The first kappa shape index (κ1) is 19.2. The number of carboxylic acids is 1. The van der Waals surface area contributed by atoms with Gasteiger partial charge in [0.25, 0.3) is 0 Å². The summed E-state index contributed by atoms with van der Waals surface area (Å²) in [6.07, 6.45) is 0. The molecule has 1 heterocycles. The summed E-state index contributed by atoms with van der Waals surface area (Å²) in [6, 6.07) is 16.0. The average molecular weight is 491 g/mol. The van der Waals surface area contributed by atoms with Crippen molar-refractivity contribution in [1.82, 2.24) is 0 Å². The topological polar surface area (TPSA) is 102 Å². The van der Waals surface area contributed by atoms with E-state index in [2.05, 4.69) is 22.6 Å². The molecule has 0 atom stereocenters. The Labute approximate surface area is 174 Å². The number of halogens is 2. The Morgan fingerprint density at radius 1 is 1.07 bits per heavy atom. The first-order valence-corrected chi connectivity index (χ1v) is 8.90. The largest absolute Gasteiger partial charge is 1.00 e. The predicted octanol–water partition coefficient (Wildman–Crippen LogP) is -0.247. The van der Waals surface area contributed by atoms with Gasteiger partial charge in [-0.3, -0.25) is 5.41 Å². The van der Waals surface area contributed by atoms with E-state index in [9.17, 15) is 9.90 Å². The number of rotatable bonds is 2. The molecule has 1 aliphatic heterocycles. The summed E-state index contributed by atoms with van der Waals surface area (Å²) < 4.78 is 6.88. The summed E-state index contributed by atoms with van der Waals surface area (Å²) >= 11 is 2.16. The SMILES string of the molecule is Nc1ccc2c(-c3ccccc3C(=O)O)c3cc([125I])c(=[NH2+])cc-3oc2c1.[Cl-]. The molecule has 136 valence electrons. The lowest BCUT2D eigenvalue weighted by Gasteiger charge is -2.17. The average Bonchev–Trinajstić information content (AvgIpc) is 2.61. The van der Waals surface area contributed by atoms with Crippen LogP contribution in [0.5, 0.6) is 0 Å². The zero-order valence-electron chi connectivity index (χ0n) is 13.9. The van der Waals surface area contributed by atoms with Crippen molar-refractivity contribution in [3.05, 3.63) is 69.1 Å². The van der Waals surface area contributed by atoms with E-state index in [1.54, 1.807) is 36.4 Å². The predicted molar refractivity (Wildman–Crippen MR) is 107 cm³/mol. The first-order valence-electron chi connectivity index (χ1n) is 7.82. The van der Waals surface area contributed by atoms with Gasteiger partial charge in [-0.15, -0.1) is 0 Å². The van der Waals surface area contributed by atoms with E-state index in [0.29, 0.717) is 28.0 Å². The summed E-state index contributed by atoms with van der Waals surface area (Å²) in [4.78, 5) is 11.8. The molecule has 5 nitrogen and oxygen atoms in total. The number of anilines is 1. The molecule has 4 rings (SSSR count). The van der Waals surface area contributed by atoms with Crippen LogP contribution in [-0.2, 0) is 0 Å². The molecule has 1 aliphatic carbocycles. The molecule has 0 saturated heterocycles. The van der Waals surface area contributed by atoms with Crippen LogP contribution in [0.25, 0.3) is 33.4 Å². The molecule has 0 fully saturated rings. The van der Waals surface area contributed by atoms with E-state index in [1.807, 2.05) is 18.2 Å². The molecule has 2 aromatic carbocycles. The van der Waals surface area contributed by atoms with E-state index in [0.717, 1.165) is 20.1 Å². The number of carboxylic acid groups (broad SMARTS) is 1. The van der Waals surface area contributed by atoms with Gasteiger partial charge in [0.05, 0.1) is 15.2 Å². The van der Waals surface area contributed by atoms with Crippen LogP contribution < -0.4 is 28.9 Å². The van der Waals surface area contributed by atoms with Crippen molar-refractivity contribution in [3.63, 3.8) is 0 Å². The monoisotopic (exact) mass is 490 g/mol. The number of fused-ring (bicyclic) bond motifs is 2. The van der Waals surface area contributed by atoms with E-state index in [4.69, 9.17) is 15.6 Å². The third-order valence-electron chi connectivity index (χ3n) is 4.29. The van der Waals surface area contributed by atoms with E-state index in [1.165, 1.54) is 0 Å². The fraction of sp³-hybridized carbons (Fsp3) is 0. The first-order chi connectivity index (χ1) is 12.5. The van der Waals surface area contributed by atoms with Crippen molar-refractivity contribution < 1.29 is 32.1 Å². The Hall–Kier alpha value is -2.58. The van der Waals surface area contributed by atoms with Crippen molar-refractivity contribution in [2.24, 2.45) is 0 Å². The lowest BCUT2D eigenvalue weighted by atomic mass is 9.91. The molecule has 2 aliphatic rings. The van der Waals surface area contributed by atoms with Crippen LogP contribution in [0.2, 0.25) is 0 Å². The maximum atomic E-state index is 11.8. The third kappa shape index (κ3) is 3.26. The van der Waals surface area contributed by atoms with Crippen molar-refractivity contribution >= 4 is 45.2 Å². The van der Waals surface area contributed by atoms with Gasteiger partial charge < -0.3 is 27.7 Å². The summed E-state index contributed by atoms with van der Waals surface area (Å²) in [5.41, 5.74) is 9.49. The Morgan fingerprint density at radius 3 is 2.56 bits per heavy atom. The summed E-state index contributed by atoms with van der Waals surface area (Å²) in [5, 5.41) is 17.1. The van der Waals surface area contributed by atoms with Gasteiger partial charge in [-0.2, -0.15) is 0 Å². The molecule has 0 spiro atoms. The van der Waals surface area contributed by atoms with E-state index in [-0.39, 0.29) is 18.0 Å². The van der Waals surface area contributed by atoms with Crippen molar-refractivity contribution in [3.8, 4) is 22.5 Å². The lowest BCUT2D eigenvalue weighted by Crippen LogP contribution is -3.00. The Morgan fingerprint density at radius 2 is 1.81 bits per heavy atom. The number of hydrogen-bond donors (Lipinski definition) is 3. The minimum absolute atomic E-state index is 0. The Balaban J connectivity index is 0.00000210. The maximum Gasteiger partial charge on any atom is 0.336 e. The zero-order chi connectivity index (χ0) is 18.4. The lowest BCUT2D eigenvalue weighted by molar-refractivity contribution is -0.173. The Bertz CT molecular complexity index is 1220. The van der Waals surface area contributed by atoms with Crippen molar-refractivity contribution in [2.75, 3.05) is 5.73 Å². The molecule has 0 unspecified atom stereocenters. The smallest absolute Gasteiger partial charge is 0.336 e. The van der Waals surface area contributed by atoms with Gasteiger partial charge in [0.2, 0.25) is 5.36 Å². The van der Waals surface area contributed by atoms with Crippen molar-refractivity contribution in [2.45, 2.75) is 0 Å². The van der Waals surface area contributed by atoms with E-state index < -0.39 is 5.97 Å². The second-order valence-electron chi connectivity index (χ2n) is 5.95. The molecule has 0 saturated carbocycles. The van der Waals surface area contributed by atoms with Gasteiger partial charge in [0.15, 0.2) is 0 Å². The van der Waals surface area contributed by atoms with Crippen molar-refractivity contribution in [1.29, 1.82) is 0 Å². The summed E-state index contributed by atoms with van der Waals surface area (Å²) in [6.45, 7) is 0. The quantitative estimate of drug-likeness (QED) is 0.205. The molecule has 7 heteroatoms. The highest BCUT2D eigenvalue weighted by atomic mass is 125. The van der Waals surface area contributed by atoms with Gasteiger partial charge in [0, 0.05) is 28.3 Å². The number of aromatic carboxylic acids is 1. The maximum absolute atomic E-state index is 11.8. The normalized spacial score (nSPS) is 10.7. The molecular weight excluding hydrogens is 477 g/mol. The standard InChI is InChI=1S/C20H13IN2O3.ClH/c21-15-8-14-18(9-16(15)23)26-17-7-10(22)5-6-13(17)19(14)11-3-1-2-4-12(11)20(24)25;/h1-9,23H,22H2,(H,24,25);1H/i21-2;. The number of hydrogen-bond acceptors (Lipinski definition) is 3. The molecule has 2 aromatic rings. The van der Waals surface area contributed by atoms with Gasteiger partial charge in [0.1, 0.15) is 11.3 Å². The second-order valence-corrected chi connectivity index (χ2v) is 7.12. The number of nitrogen functional groups attached to an aromatic ring is 1. The van der Waals surface area contributed by atoms with Gasteiger partial charge >= 0.3 is 5.97 Å². The van der Waals surface area contributed by atoms with Crippen LogP contribution >= 0.6 is 22.6 Å². The highest BCUT2D eigenvalue weighted by Crippen LogP contribution is 2.41. The van der Waals surface area contributed by atoms with Gasteiger partial charge in [-0.05, 0) is 52.4 Å². The minimum atomic E-state index is -0.983. The van der Waals surface area contributed by atoms with Gasteiger partial charge in [-0.1, -0.05) is 18.2 Å².